The standard InChI is InChI=1S/C30H36N4O4/c1-17(2)24-21-16-20(19-12-14-33(15-13-19)29(37)38-30(4,5)6)10-11-22(21)31-26(24)27-25(28(35)36)23-9-7-8-18(3)34(23)32-27/h7-11,16-17,19,31H,12-15H2,1-6H3,(H,35,36). The van der Waals surface area contributed by atoms with E-state index < -0.39 is 11.6 Å². The van der Waals surface area contributed by atoms with Gasteiger partial charge in [-0.25, -0.2) is 14.1 Å². The lowest BCUT2D eigenvalue weighted by Crippen LogP contribution is -2.41. The molecular formula is C30H36N4O4. The van der Waals surface area contributed by atoms with E-state index in [1.54, 1.807) is 15.5 Å². The molecule has 1 amide bonds. The summed E-state index contributed by atoms with van der Waals surface area (Å²) in [6.07, 6.45) is 1.49. The Hall–Kier alpha value is -3.81. The van der Waals surface area contributed by atoms with Gasteiger partial charge in [0, 0.05) is 29.7 Å². The minimum atomic E-state index is -0.994. The number of pyridine rings is 1. The highest BCUT2D eigenvalue weighted by atomic mass is 16.6. The maximum absolute atomic E-state index is 12.5. The van der Waals surface area contributed by atoms with Crippen molar-refractivity contribution in [3.8, 4) is 11.4 Å². The van der Waals surface area contributed by atoms with Crippen LogP contribution in [0.5, 0.6) is 0 Å². The summed E-state index contributed by atoms with van der Waals surface area (Å²) < 4.78 is 7.26. The first kappa shape index (κ1) is 25.8. The fourth-order valence-corrected chi connectivity index (χ4v) is 5.58. The van der Waals surface area contributed by atoms with Crippen molar-refractivity contribution in [2.75, 3.05) is 13.1 Å². The molecule has 0 atom stereocenters. The molecular weight excluding hydrogens is 480 g/mol. The molecule has 0 aliphatic carbocycles. The van der Waals surface area contributed by atoms with Gasteiger partial charge in [-0.15, -0.1) is 0 Å². The topological polar surface area (TPSA) is 99.9 Å². The lowest BCUT2D eigenvalue weighted by molar-refractivity contribution is 0.0204. The van der Waals surface area contributed by atoms with Gasteiger partial charge in [-0.05, 0) is 87.8 Å². The lowest BCUT2D eigenvalue weighted by atomic mass is 9.87. The van der Waals surface area contributed by atoms with E-state index in [0.717, 1.165) is 40.7 Å². The van der Waals surface area contributed by atoms with Gasteiger partial charge in [-0.2, -0.15) is 5.10 Å². The number of nitrogens with zero attached hydrogens (tertiary/aromatic N) is 3. The van der Waals surface area contributed by atoms with Crippen LogP contribution in [0.1, 0.15) is 86.5 Å². The second-order valence-electron chi connectivity index (χ2n) is 11.6. The van der Waals surface area contributed by atoms with Gasteiger partial charge in [-0.3, -0.25) is 0 Å². The van der Waals surface area contributed by atoms with E-state index in [9.17, 15) is 14.7 Å². The molecule has 200 valence electrons. The van der Waals surface area contributed by atoms with Crippen LogP contribution in [0.4, 0.5) is 4.79 Å². The van der Waals surface area contributed by atoms with Gasteiger partial charge in [0.2, 0.25) is 0 Å². The SMILES string of the molecule is Cc1cccc2c(C(=O)O)c(-c3[nH]c4ccc(C5CCN(C(=O)OC(C)(C)C)CC5)cc4c3C(C)C)nn12. The summed E-state index contributed by atoms with van der Waals surface area (Å²) in [5, 5.41) is 16.0. The molecule has 5 rings (SSSR count). The average molecular weight is 517 g/mol. The van der Waals surface area contributed by atoms with Crippen molar-refractivity contribution in [2.24, 2.45) is 0 Å². The molecule has 0 saturated carbocycles. The van der Waals surface area contributed by atoms with Crippen molar-refractivity contribution in [1.29, 1.82) is 0 Å². The molecule has 4 heterocycles. The molecule has 3 aromatic heterocycles. The lowest BCUT2D eigenvalue weighted by Gasteiger charge is -2.33. The number of aromatic carboxylic acids is 1. The highest BCUT2D eigenvalue weighted by Gasteiger charge is 2.29. The molecule has 1 aliphatic rings. The summed E-state index contributed by atoms with van der Waals surface area (Å²) in [6, 6.07) is 12.0. The molecule has 0 spiro atoms. The predicted molar refractivity (Wildman–Crippen MR) is 148 cm³/mol. The molecule has 38 heavy (non-hydrogen) atoms. The molecule has 1 aromatic carbocycles. The summed E-state index contributed by atoms with van der Waals surface area (Å²) in [6.45, 7) is 13.2. The van der Waals surface area contributed by atoms with Gasteiger partial charge in [0.25, 0.3) is 0 Å². The van der Waals surface area contributed by atoms with Crippen molar-refractivity contribution in [3.05, 3.63) is 58.8 Å². The van der Waals surface area contributed by atoms with Crippen LogP contribution in [0.15, 0.2) is 36.4 Å². The van der Waals surface area contributed by atoms with Crippen LogP contribution in [-0.4, -0.2) is 55.4 Å². The number of hydrogen-bond donors (Lipinski definition) is 2. The van der Waals surface area contributed by atoms with E-state index in [4.69, 9.17) is 9.84 Å². The maximum atomic E-state index is 12.5. The summed E-state index contributed by atoms with van der Waals surface area (Å²) in [5.41, 5.74) is 5.64. The van der Waals surface area contributed by atoms with E-state index in [1.165, 1.54) is 5.56 Å². The molecule has 4 aromatic rings. The Labute approximate surface area is 222 Å². The molecule has 8 heteroatoms. The Balaban J connectivity index is 1.51. The Bertz CT molecular complexity index is 1530. The number of aromatic amines is 1. The number of aryl methyl sites for hydroxylation is 1. The summed E-state index contributed by atoms with van der Waals surface area (Å²) in [5.74, 6) is -0.508. The van der Waals surface area contributed by atoms with E-state index >= 15 is 0 Å². The molecule has 0 radical (unpaired) electrons. The minimum Gasteiger partial charge on any atom is -0.478 e. The fraction of sp³-hybridized carbons (Fsp3) is 0.433. The second-order valence-corrected chi connectivity index (χ2v) is 11.6. The van der Waals surface area contributed by atoms with Crippen LogP contribution in [0, 0.1) is 6.92 Å². The number of rotatable bonds is 4. The number of nitrogens with one attached hydrogen (secondary N) is 1. The van der Waals surface area contributed by atoms with E-state index in [1.807, 2.05) is 39.8 Å². The number of carboxylic acids is 1. The molecule has 0 bridgehead atoms. The number of H-pyrrole nitrogens is 1. The largest absolute Gasteiger partial charge is 0.478 e. The molecule has 2 N–H and O–H groups in total. The number of ether oxygens (including phenoxy) is 1. The van der Waals surface area contributed by atoms with Crippen molar-refractivity contribution in [2.45, 2.75) is 71.8 Å². The number of piperidine rings is 1. The maximum Gasteiger partial charge on any atom is 0.410 e. The highest BCUT2D eigenvalue weighted by Crippen LogP contribution is 2.39. The van der Waals surface area contributed by atoms with Crippen molar-refractivity contribution >= 4 is 28.5 Å². The number of hydrogen-bond acceptors (Lipinski definition) is 4. The van der Waals surface area contributed by atoms with Crippen LogP contribution in [0.3, 0.4) is 0 Å². The van der Waals surface area contributed by atoms with E-state index in [0.29, 0.717) is 30.2 Å². The first-order valence-corrected chi connectivity index (χ1v) is 13.3. The summed E-state index contributed by atoms with van der Waals surface area (Å²) in [7, 11) is 0. The Morgan fingerprint density at radius 3 is 2.47 bits per heavy atom. The van der Waals surface area contributed by atoms with Crippen molar-refractivity contribution in [3.63, 3.8) is 0 Å². The third-order valence-electron chi connectivity index (χ3n) is 7.36. The van der Waals surface area contributed by atoms with Crippen LogP contribution in [-0.2, 0) is 4.74 Å². The molecule has 1 aliphatic heterocycles. The van der Waals surface area contributed by atoms with Gasteiger partial charge >= 0.3 is 12.1 Å². The smallest absolute Gasteiger partial charge is 0.410 e. The normalized spacial score (nSPS) is 15.1. The number of benzene rings is 1. The number of fused-ring (bicyclic) bond motifs is 2. The van der Waals surface area contributed by atoms with Crippen LogP contribution < -0.4 is 0 Å². The zero-order valence-corrected chi connectivity index (χ0v) is 23.0. The fourth-order valence-electron chi connectivity index (χ4n) is 5.58. The highest BCUT2D eigenvalue weighted by molar-refractivity contribution is 6.04. The van der Waals surface area contributed by atoms with Crippen LogP contribution >= 0.6 is 0 Å². The summed E-state index contributed by atoms with van der Waals surface area (Å²) in [4.78, 5) is 30.2. The number of amides is 1. The number of likely N-dealkylation sites (tertiary alicyclic amines) is 1. The van der Waals surface area contributed by atoms with E-state index in [2.05, 4.69) is 37.0 Å². The van der Waals surface area contributed by atoms with Gasteiger partial charge in [0.15, 0.2) is 0 Å². The van der Waals surface area contributed by atoms with Gasteiger partial charge < -0.3 is 19.7 Å². The second kappa shape index (κ2) is 9.49. The number of carboxylic acid groups (broad SMARTS) is 1. The molecule has 1 saturated heterocycles. The van der Waals surface area contributed by atoms with Crippen LogP contribution in [0.2, 0.25) is 0 Å². The first-order chi connectivity index (χ1) is 17.9. The Kier molecular flexibility index (Phi) is 6.45. The third-order valence-corrected chi connectivity index (χ3v) is 7.36. The van der Waals surface area contributed by atoms with Gasteiger partial charge in [-0.1, -0.05) is 26.0 Å². The quantitative estimate of drug-likeness (QED) is 0.313. The predicted octanol–water partition coefficient (Wildman–Crippen LogP) is 6.73. The zero-order chi connectivity index (χ0) is 27.4. The number of carbonyl (C=O) groups is 2. The number of aromatic nitrogens is 3. The molecule has 8 nitrogen and oxygen atoms in total. The molecule has 1 fully saturated rings. The van der Waals surface area contributed by atoms with Gasteiger partial charge in [0.05, 0.1) is 11.2 Å². The van der Waals surface area contributed by atoms with Crippen molar-refractivity contribution in [1.82, 2.24) is 19.5 Å². The van der Waals surface area contributed by atoms with Gasteiger partial charge in [0.1, 0.15) is 16.9 Å². The Morgan fingerprint density at radius 1 is 1.13 bits per heavy atom. The monoisotopic (exact) mass is 516 g/mol. The Morgan fingerprint density at radius 2 is 1.84 bits per heavy atom. The summed E-state index contributed by atoms with van der Waals surface area (Å²) >= 11 is 0. The third kappa shape index (κ3) is 4.64. The van der Waals surface area contributed by atoms with E-state index in [-0.39, 0.29) is 17.6 Å². The average Bonchev–Trinajstić information content (AvgIpc) is 3.42. The van der Waals surface area contributed by atoms with Crippen LogP contribution in [0.25, 0.3) is 27.8 Å². The first-order valence-electron chi connectivity index (χ1n) is 13.3. The zero-order valence-electron chi connectivity index (χ0n) is 23.0. The van der Waals surface area contributed by atoms with Crippen molar-refractivity contribution < 1.29 is 19.4 Å². The minimum absolute atomic E-state index is 0.149. The molecule has 0 unspecified atom stereocenters. The number of carbonyl (C=O) groups excluding carboxylic acids is 1.